The molecule has 0 heterocycles. The van der Waals surface area contributed by atoms with Crippen molar-refractivity contribution in [2.24, 2.45) is 0 Å². The second-order valence-corrected chi connectivity index (χ2v) is 4.04. The fourth-order valence-corrected chi connectivity index (χ4v) is 1.80. The highest BCUT2D eigenvalue weighted by molar-refractivity contribution is 6.02. The highest BCUT2D eigenvalue weighted by atomic mass is 16.5. The van der Waals surface area contributed by atoms with E-state index in [-0.39, 0.29) is 5.78 Å². The van der Waals surface area contributed by atoms with Gasteiger partial charge in [-0.15, -0.1) is 0 Å². The molecule has 0 aliphatic heterocycles. The van der Waals surface area contributed by atoms with Crippen LogP contribution in [0.15, 0.2) is 48.5 Å². The van der Waals surface area contributed by atoms with E-state index >= 15 is 0 Å². The van der Waals surface area contributed by atoms with Crippen molar-refractivity contribution in [2.45, 2.75) is 6.42 Å². The summed E-state index contributed by atoms with van der Waals surface area (Å²) in [6.45, 7) is 0. The first-order chi connectivity index (χ1) is 8.70. The predicted octanol–water partition coefficient (Wildman–Crippen LogP) is 2.70. The Morgan fingerprint density at radius 1 is 1.17 bits per heavy atom. The fraction of sp³-hybridized carbons (Fsp3) is 0.133. The van der Waals surface area contributed by atoms with Crippen LogP contribution in [0.5, 0.6) is 5.75 Å². The van der Waals surface area contributed by atoms with E-state index in [0.29, 0.717) is 23.4 Å². The van der Waals surface area contributed by atoms with Crippen LogP contribution in [0.2, 0.25) is 0 Å². The predicted molar refractivity (Wildman–Crippen MR) is 71.9 cm³/mol. The quantitative estimate of drug-likeness (QED) is 0.661. The van der Waals surface area contributed by atoms with Crippen LogP contribution in [0.4, 0.5) is 5.69 Å². The number of methoxy groups -OCH3 is 1. The zero-order chi connectivity index (χ0) is 13.0. The molecule has 0 radical (unpaired) electrons. The molecule has 0 aliphatic carbocycles. The van der Waals surface area contributed by atoms with E-state index in [0.717, 1.165) is 5.56 Å². The normalized spacial score (nSPS) is 10.1. The molecule has 0 saturated carbocycles. The second kappa shape index (κ2) is 5.36. The third kappa shape index (κ3) is 2.69. The van der Waals surface area contributed by atoms with Crippen molar-refractivity contribution < 1.29 is 9.53 Å². The third-order valence-electron chi connectivity index (χ3n) is 2.77. The van der Waals surface area contributed by atoms with Crippen LogP contribution < -0.4 is 10.5 Å². The Morgan fingerprint density at radius 2 is 1.89 bits per heavy atom. The van der Waals surface area contributed by atoms with Gasteiger partial charge in [0, 0.05) is 23.7 Å². The molecule has 0 aromatic heterocycles. The number of nitrogens with two attached hydrogens (primary N) is 1. The van der Waals surface area contributed by atoms with Crippen molar-refractivity contribution in [1.29, 1.82) is 0 Å². The van der Waals surface area contributed by atoms with E-state index in [4.69, 9.17) is 10.5 Å². The number of Topliss-reactive ketones (excluding diaryl/α,β-unsaturated/α-hetero) is 1. The smallest absolute Gasteiger partial charge is 0.169 e. The van der Waals surface area contributed by atoms with E-state index in [1.54, 1.807) is 25.3 Å². The summed E-state index contributed by atoms with van der Waals surface area (Å²) < 4.78 is 5.06. The second-order valence-electron chi connectivity index (χ2n) is 4.04. The largest absolute Gasteiger partial charge is 0.497 e. The summed E-state index contributed by atoms with van der Waals surface area (Å²) in [5.41, 5.74) is 7.83. The van der Waals surface area contributed by atoms with Gasteiger partial charge in [-0.05, 0) is 17.7 Å². The molecule has 0 spiro atoms. The third-order valence-corrected chi connectivity index (χ3v) is 2.77. The average Bonchev–Trinajstić information content (AvgIpc) is 2.39. The molecule has 2 rings (SSSR count). The molecule has 2 aromatic carbocycles. The summed E-state index contributed by atoms with van der Waals surface area (Å²) in [5, 5.41) is 0. The Bertz CT molecular complexity index is 550. The molecule has 2 aromatic rings. The van der Waals surface area contributed by atoms with Gasteiger partial charge in [0.2, 0.25) is 0 Å². The number of benzene rings is 2. The van der Waals surface area contributed by atoms with Gasteiger partial charge < -0.3 is 10.5 Å². The van der Waals surface area contributed by atoms with Crippen molar-refractivity contribution in [2.75, 3.05) is 12.8 Å². The first-order valence-electron chi connectivity index (χ1n) is 5.71. The van der Waals surface area contributed by atoms with E-state index in [1.165, 1.54) is 0 Å². The standard InChI is InChI=1S/C15H15NO2/c1-18-12-7-8-13(14(16)10-12)15(17)9-11-5-3-2-4-6-11/h2-8,10H,9,16H2,1H3. The maximum Gasteiger partial charge on any atom is 0.169 e. The van der Waals surface area contributed by atoms with Gasteiger partial charge in [0.25, 0.3) is 0 Å². The topological polar surface area (TPSA) is 52.3 Å². The van der Waals surface area contributed by atoms with Crippen LogP contribution in [0.3, 0.4) is 0 Å². The Balaban J connectivity index is 2.19. The molecule has 0 aliphatic rings. The maximum absolute atomic E-state index is 12.1. The van der Waals surface area contributed by atoms with Gasteiger partial charge in [0.15, 0.2) is 5.78 Å². The maximum atomic E-state index is 12.1. The molecule has 0 atom stereocenters. The molecule has 0 bridgehead atoms. The summed E-state index contributed by atoms with van der Waals surface area (Å²) in [7, 11) is 1.57. The van der Waals surface area contributed by atoms with Crippen LogP contribution in [0, 0.1) is 0 Å². The van der Waals surface area contributed by atoms with Crippen LogP contribution in [-0.2, 0) is 6.42 Å². The van der Waals surface area contributed by atoms with Gasteiger partial charge in [-0.25, -0.2) is 0 Å². The highest BCUT2D eigenvalue weighted by Gasteiger charge is 2.11. The molecule has 2 N–H and O–H groups in total. The lowest BCUT2D eigenvalue weighted by molar-refractivity contribution is 0.0994. The molecule has 0 saturated heterocycles. The highest BCUT2D eigenvalue weighted by Crippen LogP contribution is 2.21. The molecule has 92 valence electrons. The van der Waals surface area contributed by atoms with Crippen molar-refractivity contribution in [3.8, 4) is 5.75 Å². The van der Waals surface area contributed by atoms with E-state index < -0.39 is 0 Å². The number of carbonyl (C=O) groups excluding carboxylic acids is 1. The van der Waals surface area contributed by atoms with Gasteiger partial charge in [-0.2, -0.15) is 0 Å². The lowest BCUT2D eigenvalue weighted by atomic mass is 10.0. The summed E-state index contributed by atoms with van der Waals surface area (Å²) >= 11 is 0. The Kier molecular flexibility index (Phi) is 3.63. The number of anilines is 1. The van der Waals surface area contributed by atoms with Gasteiger partial charge in [-0.1, -0.05) is 30.3 Å². The molecule has 3 nitrogen and oxygen atoms in total. The lowest BCUT2D eigenvalue weighted by Gasteiger charge is -2.07. The number of hydrogen-bond donors (Lipinski definition) is 1. The number of ether oxygens (including phenoxy) is 1. The molecule has 18 heavy (non-hydrogen) atoms. The molecule has 3 heteroatoms. The van der Waals surface area contributed by atoms with Crippen LogP contribution in [0.25, 0.3) is 0 Å². The summed E-state index contributed by atoms with van der Waals surface area (Å²) in [6, 6.07) is 14.7. The zero-order valence-electron chi connectivity index (χ0n) is 10.2. The van der Waals surface area contributed by atoms with Gasteiger partial charge in [0.1, 0.15) is 5.75 Å². The molecule has 0 fully saturated rings. The molecular weight excluding hydrogens is 226 g/mol. The van der Waals surface area contributed by atoms with Crippen molar-refractivity contribution in [3.63, 3.8) is 0 Å². The fourth-order valence-electron chi connectivity index (χ4n) is 1.80. The van der Waals surface area contributed by atoms with Crippen molar-refractivity contribution in [1.82, 2.24) is 0 Å². The van der Waals surface area contributed by atoms with Crippen LogP contribution >= 0.6 is 0 Å². The van der Waals surface area contributed by atoms with E-state index in [1.807, 2.05) is 30.3 Å². The molecule has 0 amide bonds. The van der Waals surface area contributed by atoms with Gasteiger partial charge in [0.05, 0.1) is 7.11 Å². The van der Waals surface area contributed by atoms with Crippen LogP contribution in [-0.4, -0.2) is 12.9 Å². The van der Waals surface area contributed by atoms with E-state index in [9.17, 15) is 4.79 Å². The Morgan fingerprint density at radius 3 is 2.50 bits per heavy atom. The number of hydrogen-bond acceptors (Lipinski definition) is 3. The van der Waals surface area contributed by atoms with Gasteiger partial charge in [-0.3, -0.25) is 4.79 Å². The van der Waals surface area contributed by atoms with Crippen molar-refractivity contribution in [3.05, 3.63) is 59.7 Å². The minimum atomic E-state index is 0.0151. The first kappa shape index (κ1) is 12.2. The van der Waals surface area contributed by atoms with Crippen LogP contribution in [0.1, 0.15) is 15.9 Å². The number of carbonyl (C=O) groups is 1. The lowest BCUT2D eigenvalue weighted by Crippen LogP contribution is -2.07. The Labute approximate surface area is 106 Å². The van der Waals surface area contributed by atoms with Gasteiger partial charge >= 0.3 is 0 Å². The minimum Gasteiger partial charge on any atom is -0.497 e. The number of rotatable bonds is 4. The number of ketones is 1. The average molecular weight is 241 g/mol. The Hall–Kier alpha value is -2.29. The summed E-state index contributed by atoms with van der Waals surface area (Å²) in [4.78, 5) is 12.1. The van der Waals surface area contributed by atoms with E-state index in [2.05, 4.69) is 0 Å². The zero-order valence-corrected chi connectivity index (χ0v) is 10.2. The molecular formula is C15H15NO2. The summed E-state index contributed by atoms with van der Waals surface area (Å²) in [5.74, 6) is 0.671. The summed E-state index contributed by atoms with van der Waals surface area (Å²) in [6.07, 6.45) is 0.359. The SMILES string of the molecule is COc1ccc(C(=O)Cc2ccccc2)c(N)c1. The molecule has 0 unspecified atom stereocenters. The van der Waals surface area contributed by atoms with Crippen molar-refractivity contribution >= 4 is 11.5 Å². The minimum absolute atomic E-state index is 0.0151. The number of nitrogen functional groups attached to an aromatic ring is 1. The first-order valence-corrected chi connectivity index (χ1v) is 5.71. The monoisotopic (exact) mass is 241 g/mol.